The average molecular weight is 233 g/mol. The van der Waals surface area contributed by atoms with Crippen molar-refractivity contribution in [2.75, 3.05) is 13.1 Å². The van der Waals surface area contributed by atoms with Gasteiger partial charge < -0.3 is 15.6 Å². The Morgan fingerprint density at radius 2 is 2.24 bits per heavy atom. The van der Waals surface area contributed by atoms with Crippen molar-refractivity contribution in [1.29, 1.82) is 0 Å². The molecule has 3 N–H and O–H groups in total. The molecule has 0 bridgehead atoms. The molecule has 92 valence electrons. The second kappa shape index (κ2) is 3.88. The van der Waals surface area contributed by atoms with Crippen molar-refractivity contribution in [3.63, 3.8) is 0 Å². The molecule has 1 saturated heterocycles. The quantitative estimate of drug-likeness (QED) is 0.804. The van der Waals surface area contributed by atoms with Crippen LogP contribution in [0.5, 0.6) is 0 Å². The van der Waals surface area contributed by atoms with E-state index in [1.165, 1.54) is 12.8 Å². The second-order valence-electron chi connectivity index (χ2n) is 5.39. The number of hydrogen-bond acceptors (Lipinski definition) is 2. The summed E-state index contributed by atoms with van der Waals surface area (Å²) in [6.07, 6.45) is 4.41. The van der Waals surface area contributed by atoms with Crippen LogP contribution >= 0.6 is 0 Å². The predicted molar refractivity (Wildman–Crippen MR) is 65.6 cm³/mol. The van der Waals surface area contributed by atoms with Crippen LogP contribution in [0.15, 0.2) is 12.3 Å². The SMILES string of the molecule is Cc1[nH]ccc1C(=O)N1C[C@H](C2CC2)[C@@H](N)C1. The van der Waals surface area contributed by atoms with Crippen molar-refractivity contribution in [3.8, 4) is 0 Å². The number of hydrogen-bond donors (Lipinski definition) is 2. The fourth-order valence-corrected chi connectivity index (χ4v) is 2.90. The number of carbonyl (C=O) groups is 1. The molecule has 2 heterocycles. The summed E-state index contributed by atoms with van der Waals surface area (Å²) in [6.45, 7) is 3.49. The molecule has 0 unspecified atom stereocenters. The highest BCUT2D eigenvalue weighted by Gasteiger charge is 2.42. The van der Waals surface area contributed by atoms with Gasteiger partial charge in [0.1, 0.15) is 0 Å². The Morgan fingerprint density at radius 3 is 2.82 bits per heavy atom. The molecular formula is C13H19N3O. The predicted octanol–water partition coefficient (Wildman–Crippen LogP) is 1.13. The van der Waals surface area contributed by atoms with E-state index in [2.05, 4.69) is 4.98 Å². The molecule has 17 heavy (non-hydrogen) atoms. The molecule has 1 aromatic heterocycles. The van der Waals surface area contributed by atoms with Gasteiger partial charge in [-0.05, 0) is 37.7 Å². The Balaban J connectivity index is 1.73. The van der Waals surface area contributed by atoms with E-state index in [1.54, 1.807) is 0 Å². The summed E-state index contributed by atoms with van der Waals surface area (Å²) in [5.41, 5.74) is 7.87. The van der Waals surface area contributed by atoms with Gasteiger partial charge in [-0.2, -0.15) is 0 Å². The van der Waals surface area contributed by atoms with Crippen LogP contribution in [0, 0.1) is 18.8 Å². The van der Waals surface area contributed by atoms with Gasteiger partial charge in [0.05, 0.1) is 5.56 Å². The first-order valence-electron chi connectivity index (χ1n) is 6.35. The van der Waals surface area contributed by atoms with Gasteiger partial charge in [-0.1, -0.05) is 0 Å². The van der Waals surface area contributed by atoms with E-state index in [1.807, 2.05) is 24.1 Å². The van der Waals surface area contributed by atoms with Crippen LogP contribution in [-0.4, -0.2) is 34.9 Å². The van der Waals surface area contributed by atoms with Crippen molar-refractivity contribution in [2.45, 2.75) is 25.8 Å². The van der Waals surface area contributed by atoms with E-state index in [-0.39, 0.29) is 11.9 Å². The number of carbonyl (C=O) groups excluding carboxylic acids is 1. The third-order valence-corrected chi connectivity index (χ3v) is 4.11. The van der Waals surface area contributed by atoms with E-state index in [0.717, 1.165) is 23.7 Å². The number of amides is 1. The molecule has 2 atom stereocenters. The standard InChI is InChI=1S/C13H19N3O/c1-8-10(4-5-15-8)13(17)16-6-11(9-2-3-9)12(14)7-16/h4-5,9,11-12,15H,2-3,6-7,14H2,1H3/t11-,12+/m1/s1. The van der Waals surface area contributed by atoms with Gasteiger partial charge in [0.2, 0.25) is 0 Å². The summed E-state index contributed by atoms with van der Waals surface area (Å²) >= 11 is 0. The maximum Gasteiger partial charge on any atom is 0.255 e. The van der Waals surface area contributed by atoms with E-state index in [4.69, 9.17) is 5.73 Å². The van der Waals surface area contributed by atoms with Crippen molar-refractivity contribution in [3.05, 3.63) is 23.5 Å². The number of nitrogens with one attached hydrogen (secondary N) is 1. The normalized spacial score (nSPS) is 28.7. The third kappa shape index (κ3) is 1.86. The number of aromatic amines is 1. The lowest BCUT2D eigenvalue weighted by atomic mass is 9.99. The van der Waals surface area contributed by atoms with Crippen LogP contribution in [0.3, 0.4) is 0 Å². The van der Waals surface area contributed by atoms with Crippen LogP contribution in [0.4, 0.5) is 0 Å². The number of aromatic nitrogens is 1. The number of nitrogens with zero attached hydrogens (tertiary/aromatic N) is 1. The molecule has 1 aliphatic heterocycles. The molecule has 0 aromatic carbocycles. The lowest BCUT2D eigenvalue weighted by Gasteiger charge is -2.16. The molecule has 1 aromatic rings. The summed E-state index contributed by atoms with van der Waals surface area (Å²) in [5, 5.41) is 0. The van der Waals surface area contributed by atoms with Crippen molar-refractivity contribution >= 4 is 5.91 Å². The molecule has 3 rings (SSSR count). The van der Waals surface area contributed by atoms with Crippen molar-refractivity contribution < 1.29 is 4.79 Å². The lowest BCUT2D eigenvalue weighted by Crippen LogP contribution is -2.32. The Kier molecular flexibility index (Phi) is 2.47. The summed E-state index contributed by atoms with van der Waals surface area (Å²) in [6, 6.07) is 2.03. The Hall–Kier alpha value is -1.29. The summed E-state index contributed by atoms with van der Waals surface area (Å²) < 4.78 is 0. The number of aryl methyl sites for hydroxylation is 1. The van der Waals surface area contributed by atoms with Gasteiger partial charge in [0, 0.05) is 31.0 Å². The van der Waals surface area contributed by atoms with Gasteiger partial charge in [-0.25, -0.2) is 0 Å². The van der Waals surface area contributed by atoms with E-state index < -0.39 is 0 Å². The van der Waals surface area contributed by atoms with Crippen LogP contribution in [-0.2, 0) is 0 Å². The van der Waals surface area contributed by atoms with Gasteiger partial charge in [0.15, 0.2) is 0 Å². The average Bonchev–Trinajstić information content (AvgIpc) is 2.94. The second-order valence-corrected chi connectivity index (χ2v) is 5.39. The zero-order valence-electron chi connectivity index (χ0n) is 10.1. The van der Waals surface area contributed by atoms with Crippen LogP contribution in [0.25, 0.3) is 0 Å². The molecule has 4 nitrogen and oxygen atoms in total. The molecule has 2 fully saturated rings. The molecular weight excluding hydrogens is 214 g/mol. The molecule has 0 radical (unpaired) electrons. The largest absolute Gasteiger partial charge is 0.365 e. The number of nitrogens with two attached hydrogens (primary N) is 1. The van der Waals surface area contributed by atoms with Gasteiger partial charge in [0.25, 0.3) is 5.91 Å². The lowest BCUT2D eigenvalue weighted by molar-refractivity contribution is 0.0784. The van der Waals surface area contributed by atoms with Gasteiger partial charge >= 0.3 is 0 Å². The van der Waals surface area contributed by atoms with E-state index >= 15 is 0 Å². The van der Waals surface area contributed by atoms with Crippen LogP contribution in [0.1, 0.15) is 28.9 Å². The van der Waals surface area contributed by atoms with Crippen molar-refractivity contribution in [2.24, 2.45) is 17.6 Å². The Morgan fingerprint density at radius 1 is 1.47 bits per heavy atom. The number of likely N-dealkylation sites (tertiary alicyclic amines) is 1. The van der Waals surface area contributed by atoms with E-state index in [9.17, 15) is 4.79 Å². The minimum atomic E-state index is 0.127. The summed E-state index contributed by atoms with van der Waals surface area (Å²) in [5.74, 6) is 1.43. The minimum Gasteiger partial charge on any atom is -0.365 e. The highest BCUT2D eigenvalue weighted by atomic mass is 16.2. The smallest absolute Gasteiger partial charge is 0.255 e. The highest BCUT2D eigenvalue weighted by molar-refractivity contribution is 5.95. The van der Waals surface area contributed by atoms with Crippen molar-refractivity contribution in [1.82, 2.24) is 9.88 Å². The zero-order chi connectivity index (χ0) is 12.0. The number of rotatable bonds is 2. The zero-order valence-corrected chi connectivity index (χ0v) is 10.1. The Bertz CT molecular complexity index is 436. The fraction of sp³-hybridized carbons (Fsp3) is 0.615. The monoisotopic (exact) mass is 233 g/mol. The first kappa shape index (κ1) is 10.8. The topological polar surface area (TPSA) is 62.1 Å². The first-order valence-corrected chi connectivity index (χ1v) is 6.35. The summed E-state index contributed by atoms with van der Waals surface area (Å²) in [7, 11) is 0. The Labute approximate surface area is 101 Å². The first-order chi connectivity index (χ1) is 8.16. The van der Waals surface area contributed by atoms with Crippen LogP contribution < -0.4 is 5.73 Å². The highest BCUT2D eigenvalue weighted by Crippen LogP contribution is 2.41. The molecule has 1 saturated carbocycles. The molecule has 0 spiro atoms. The van der Waals surface area contributed by atoms with Gasteiger partial charge in [-0.15, -0.1) is 0 Å². The van der Waals surface area contributed by atoms with Crippen LogP contribution in [0.2, 0.25) is 0 Å². The summed E-state index contributed by atoms with van der Waals surface area (Å²) in [4.78, 5) is 17.3. The molecule has 1 aliphatic carbocycles. The minimum absolute atomic E-state index is 0.127. The molecule has 2 aliphatic rings. The maximum atomic E-state index is 12.3. The van der Waals surface area contributed by atoms with Gasteiger partial charge in [-0.3, -0.25) is 4.79 Å². The molecule has 4 heteroatoms. The maximum absolute atomic E-state index is 12.3. The third-order valence-electron chi connectivity index (χ3n) is 4.11. The number of H-pyrrole nitrogens is 1. The van der Waals surface area contributed by atoms with E-state index in [0.29, 0.717) is 12.5 Å². The fourth-order valence-electron chi connectivity index (χ4n) is 2.90. The molecule has 1 amide bonds.